The predicted molar refractivity (Wildman–Crippen MR) is 75.2 cm³/mol. The molecule has 0 aliphatic carbocycles. The fourth-order valence-corrected chi connectivity index (χ4v) is 2.89. The van der Waals surface area contributed by atoms with Crippen LogP contribution in [-0.4, -0.2) is 36.3 Å². The normalized spacial score (nSPS) is 17.5. The third-order valence-electron chi connectivity index (χ3n) is 4.59. The van der Waals surface area contributed by atoms with Crippen molar-refractivity contribution in [2.24, 2.45) is 22.8 Å². The lowest BCUT2D eigenvalue weighted by atomic mass is 9.80. The fourth-order valence-electron chi connectivity index (χ4n) is 2.89. The molecule has 0 atom stereocenters. The summed E-state index contributed by atoms with van der Waals surface area (Å²) >= 11 is 0. The number of primary amides is 1. The minimum Gasteiger partial charge on any atom is -0.370 e. The molecule has 0 aromatic carbocycles. The van der Waals surface area contributed by atoms with Gasteiger partial charge in [0.15, 0.2) is 0 Å². The zero-order valence-electron chi connectivity index (χ0n) is 12.2. The van der Waals surface area contributed by atoms with Crippen molar-refractivity contribution in [3.63, 3.8) is 0 Å². The number of nitrogens with two attached hydrogens (primary N) is 2. The second-order valence-corrected chi connectivity index (χ2v) is 5.60. The van der Waals surface area contributed by atoms with Gasteiger partial charge in [0.25, 0.3) is 0 Å². The minimum absolute atomic E-state index is 0.178. The Hall–Kier alpha value is -1.10. The van der Waals surface area contributed by atoms with Crippen LogP contribution in [0, 0.1) is 11.3 Å². The largest absolute Gasteiger partial charge is 0.370 e. The van der Waals surface area contributed by atoms with Gasteiger partial charge < -0.3 is 16.4 Å². The van der Waals surface area contributed by atoms with Crippen LogP contribution >= 0.6 is 0 Å². The van der Waals surface area contributed by atoms with Crippen molar-refractivity contribution in [1.82, 2.24) is 4.90 Å². The molecule has 1 aliphatic heterocycles. The van der Waals surface area contributed by atoms with E-state index in [4.69, 9.17) is 11.5 Å². The lowest BCUT2D eigenvalue weighted by Gasteiger charge is -2.39. The monoisotopic (exact) mass is 269 g/mol. The maximum absolute atomic E-state index is 12.6. The molecule has 110 valence electrons. The summed E-state index contributed by atoms with van der Waals surface area (Å²) in [6.07, 6.45) is 3.72. The lowest BCUT2D eigenvalue weighted by molar-refractivity contribution is -0.143. The van der Waals surface area contributed by atoms with Crippen LogP contribution in [0.3, 0.4) is 0 Å². The highest BCUT2D eigenvalue weighted by molar-refractivity contribution is 5.83. The molecule has 0 aromatic heterocycles. The molecule has 0 unspecified atom stereocenters. The van der Waals surface area contributed by atoms with Crippen molar-refractivity contribution in [2.45, 2.75) is 46.0 Å². The first-order valence-electron chi connectivity index (χ1n) is 7.26. The van der Waals surface area contributed by atoms with Gasteiger partial charge in [0.1, 0.15) is 0 Å². The molecule has 1 saturated heterocycles. The zero-order chi connectivity index (χ0) is 14.5. The average Bonchev–Trinajstić information content (AvgIpc) is 2.41. The van der Waals surface area contributed by atoms with E-state index in [9.17, 15) is 9.59 Å². The fraction of sp³-hybridized carbons (Fsp3) is 0.857. The number of rotatable bonds is 6. The summed E-state index contributed by atoms with van der Waals surface area (Å²) in [5, 5.41) is 0. The Morgan fingerprint density at radius 1 is 1.21 bits per heavy atom. The van der Waals surface area contributed by atoms with Crippen LogP contribution in [0.4, 0.5) is 0 Å². The second kappa shape index (κ2) is 6.89. The summed E-state index contributed by atoms with van der Waals surface area (Å²) in [5.41, 5.74) is 10.6. The molecule has 0 radical (unpaired) electrons. The predicted octanol–water partition coefficient (Wildman–Crippen LogP) is 0.866. The van der Waals surface area contributed by atoms with Gasteiger partial charge in [0.05, 0.1) is 5.41 Å². The maximum atomic E-state index is 12.6. The van der Waals surface area contributed by atoms with E-state index in [1.54, 1.807) is 0 Å². The van der Waals surface area contributed by atoms with E-state index in [-0.39, 0.29) is 11.8 Å². The maximum Gasteiger partial charge on any atom is 0.230 e. The smallest absolute Gasteiger partial charge is 0.230 e. The number of carbonyl (C=O) groups excluding carboxylic acids is 2. The molecule has 1 aliphatic rings. The van der Waals surface area contributed by atoms with Crippen LogP contribution in [0.5, 0.6) is 0 Å². The first-order valence-corrected chi connectivity index (χ1v) is 7.26. The topological polar surface area (TPSA) is 89.4 Å². The summed E-state index contributed by atoms with van der Waals surface area (Å²) in [7, 11) is 0. The number of hydrogen-bond donors (Lipinski definition) is 2. The number of carbonyl (C=O) groups is 2. The molecular weight excluding hydrogens is 242 g/mol. The molecule has 1 fully saturated rings. The van der Waals surface area contributed by atoms with E-state index in [0.29, 0.717) is 18.9 Å². The van der Waals surface area contributed by atoms with Gasteiger partial charge in [-0.05, 0) is 31.6 Å². The molecule has 0 spiro atoms. The van der Waals surface area contributed by atoms with Gasteiger partial charge in [-0.25, -0.2) is 0 Å². The Balaban J connectivity index is 2.59. The van der Waals surface area contributed by atoms with Crippen molar-refractivity contribution in [1.29, 1.82) is 0 Å². The molecule has 0 aromatic rings. The van der Waals surface area contributed by atoms with Gasteiger partial charge in [-0.1, -0.05) is 13.8 Å². The summed E-state index contributed by atoms with van der Waals surface area (Å²) < 4.78 is 0. The first-order chi connectivity index (χ1) is 8.99. The van der Waals surface area contributed by atoms with Crippen LogP contribution in [0.25, 0.3) is 0 Å². The van der Waals surface area contributed by atoms with Crippen molar-refractivity contribution < 1.29 is 9.59 Å². The molecule has 4 N–H and O–H groups in total. The van der Waals surface area contributed by atoms with E-state index >= 15 is 0 Å². The number of amides is 2. The third-order valence-corrected chi connectivity index (χ3v) is 4.59. The van der Waals surface area contributed by atoms with E-state index in [1.165, 1.54) is 0 Å². The molecular formula is C14H27N3O2. The number of likely N-dealkylation sites (tertiary alicyclic amines) is 1. The highest BCUT2D eigenvalue weighted by Crippen LogP contribution is 2.30. The van der Waals surface area contributed by atoms with E-state index < -0.39 is 5.41 Å². The van der Waals surface area contributed by atoms with Gasteiger partial charge in [-0.2, -0.15) is 0 Å². The van der Waals surface area contributed by atoms with Gasteiger partial charge in [-0.15, -0.1) is 0 Å². The van der Waals surface area contributed by atoms with Gasteiger partial charge in [-0.3, -0.25) is 9.59 Å². The Kier molecular flexibility index (Phi) is 5.79. The number of hydrogen-bond acceptors (Lipinski definition) is 3. The quantitative estimate of drug-likeness (QED) is 0.749. The molecule has 2 amide bonds. The standard InChI is InChI=1S/C14H27N3O2/c1-3-14(4-2,10-15)13(19)17-7-5-11(6-8-17)9-12(16)18/h11H,3-10,15H2,1-2H3,(H2,16,18). The summed E-state index contributed by atoms with van der Waals surface area (Å²) in [5.74, 6) is 0.262. The summed E-state index contributed by atoms with van der Waals surface area (Å²) in [6.45, 7) is 5.89. The molecule has 1 heterocycles. The van der Waals surface area contributed by atoms with Crippen LogP contribution in [0.1, 0.15) is 46.0 Å². The van der Waals surface area contributed by atoms with Crippen LogP contribution in [0.15, 0.2) is 0 Å². The molecule has 19 heavy (non-hydrogen) atoms. The molecule has 0 bridgehead atoms. The highest BCUT2D eigenvalue weighted by Gasteiger charge is 2.38. The molecule has 5 heteroatoms. The Morgan fingerprint density at radius 2 is 1.74 bits per heavy atom. The van der Waals surface area contributed by atoms with E-state index in [2.05, 4.69) is 0 Å². The average molecular weight is 269 g/mol. The highest BCUT2D eigenvalue weighted by atomic mass is 16.2. The van der Waals surface area contributed by atoms with Gasteiger partial charge in [0, 0.05) is 26.1 Å². The SMILES string of the molecule is CCC(CC)(CN)C(=O)N1CCC(CC(N)=O)CC1. The number of nitrogens with zero attached hydrogens (tertiary/aromatic N) is 1. The molecule has 0 saturated carbocycles. The zero-order valence-corrected chi connectivity index (χ0v) is 12.2. The lowest BCUT2D eigenvalue weighted by Crippen LogP contribution is -2.50. The third kappa shape index (κ3) is 3.69. The Morgan fingerprint density at radius 3 is 2.11 bits per heavy atom. The van der Waals surface area contributed by atoms with Crippen LogP contribution in [-0.2, 0) is 9.59 Å². The van der Waals surface area contributed by atoms with Crippen molar-refractivity contribution >= 4 is 11.8 Å². The van der Waals surface area contributed by atoms with Crippen molar-refractivity contribution in [3.8, 4) is 0 Å². The van der Waals surface area contributed by atoms with E-state index in [0.717, 1.165) is 38.8 Å². The van der Waals surface area contributed by atoms with E-state index in [1.807, 2.05) is 18.7 Å². The number of piperidine rings is 1. The second-order valence-electron chi connectivity index (χ2n) is 5.60. The summed E-state index contributed by atoms with van der Waals surface area (Å²) in [6, 6.07) is 0. The summed E-state index contributed by atoms with van der Waals surface area (Å²) in [4.78, 5) is 25.4. The van der Waals surface area contributed by atoms with Crippen LogP contribution < -0.4 is 11.5 Å². The Bertz CT molecular complexity index is 310. The van der Waals surface area contributed by atoms with Crippen LogP contribution in [0.2, 0.25) is 0 Å². The van der Waals surface area contributed by atoms with Gasteiger partial charge >= 0.3 is 0 Å². The first kappa shape index (κ1) is 16.0. The molecule has 1 rings (SSSR count). The van der Waals surface area contributed by atoms with Gasteiger partial charge in [0.2, 0.25) is 11.8 Å². The van der Waals surface area contributed by atoms with Crippen molar-refractivity contribution in [3.05, 3.63) is 0 Å². The molecule has 5 nitrogen and oxygen atoms in total. The minimum atomic E-state index is -0.406. The van der Waals surface area contributed by atoms with Crippen molar-refractivity contribution in [2.75, 3.05) is 19.6 Å². The Labute approximate surface area is 115 Å².